The smallest absolute Gasteiger partial charge is 0.0977 e. The van der Waals surface area contributed by atoms with Crippen molar-refractivity contribution in [1.82, 2.24) is 4.90 Å². The van der Waals surface area contributed by atoms with Gasteiger partial charge < -0.3 is 0 Å². The molecule has 1 unspecified atom stereocenters. The number of piperidine rings is 1. The molecule has 22 heavy (non-hydrogen) atoms. The van der Waals surface area contributed by atoms with Crippen molar-refractivity contribution in [3.63, 3.8) is 0 Å². The summed E-state index contributed by atoms with van der Waals surface area (Å²) < 4.78 is 0. The van der Waals surface area contributed by atoms with Crippen molar-refractivity contribution in [2.24, 2.45) is 0 Å². The maximum Gasteiger partial charge on any atom is 0.0977 e. The largest absolute Gasteiger partial charge is 0.286 e. The molecule has 112 valence electrons. The highest BCUT2D eigenvalue weighted by Gasteiger charge is 2.21. The third kappa shape index (κ3) is 3.59. The molecule has 1 atom stereocenters. The van der Waals surface area contributed by atoms with E-state index >= 15 is 0 Å². The zero-order valence-electron chi connectivity index (χ0n) is 13.3. The molecule has 0 spiro atoms. The first-order valence-corrected chi connectivity index (χ1v) is 8.21. The molecule has 0 aromatic heterocycles. The number of hydrogen-bond acceptors (Lipinski definition) is 1. The Morgan fingerprint density at radius 1 is 0.864 bits per heavy atom. The average Bonchev–Trinajstić information content (AvgIpc) is 2.58. The molecule has 0 N–H and O–H groups in total. The third-order valence-electron chi connectivity index (χ3n) is 4.37. The van der Waals surface area contributed by atoms with Crippen LogP contribution in [0, 0.1) is 18.8 Å². The molecule has 1 aliphatic rings. The summed E-state index contributed by atoms with van der Waals surface area (Å²) in [6.45, 7) is 4.50. The Kier molecular flexibility index (Phi) is 4.93. The lowest BCUT2D eigenvalue weighted by molar-refractivity contribution is 0.197. The first-order valence-electron chi connectivity index (χ1n) is 8.21. The summed E-state index contributed by atoms with van der Waals surface area (Å²) in [6.07, 6.45) is 3.92. The molecule has 0 radical (unpaired) electrons. The maximum absolute atomic E-state index is 3.54. The Morgan fingerprint density at radius 3 is 2.27 bits per heavy atom. The van der Waals surface area contributed by atoms with Gasteiger partial charge in [0.25, 0.3) is 0 Å². The fourth-order valence-electron chi connectivity index (χ4n) is 3.11. The van der Waals surface area contributed by atoms with Crippen molar-refractivity contribution in [3.05, 3.63) is 71.3 Å². The average molecular weight is 289 g/mol. The number of benzene rings is 2. The molecule has 2 aromatic rings. The van der Waals surface area contributed by atoms with Crippen molar-refractivity contribution in [2.45, 2.75) is 32.2 Å². The minimum Gasteiger partial charge on any atom is -0.286 e. The first kappa shape index (κ1) is 14.9. The van der Waals surface area contributed by atoms with Crippen LogP contribution in [-0.2, 0) is 0 Å². The minimum absolute atomic E-state index is 0.210. The van der Waals surface area contributed by atoms with E-state index in [4.69, 9.17) is 0 Å². The molecular formula is C21H23N. The zero-order valence-corrected chi connectivity index (χ0v) is 13.3. The molecule has 0 amide bonds. The van der Waals surface area contributed by atoms with Crippen molar-refractivity contribution < 1.29 is 0 Å². The molecule has 1 saturated heterocycles. The minimum atomic E-state index is 0.210. The normalized spacial score (nSPS) is 16.6. The van der Waals surface area contributed by atoms with E-state index in [-0.39, 0.29) is 6.04 Å². The van der Waals surface area contributed by atoms with Crippen molar-refractivity contribution in [3.8, 4) is 11.8 Å². The second-order valence-corrected chi connectivity index (χ2v) is 5.99. The van der Waals surface area contributed by atoms with E-state index in [9.17, 15) is 0 Å². The van der Waals surface area contributed by atoms with Crippen LogP contribution in [0.3, 0.4) is 0 Å². The summed E-state index contributed by atoms with van der Waals surface area (Å²) in [6, 6.07) is 19.2. The summed E-state index contributed by atoms with van der Waals surface area (Å²) >= 11 is 0. The Labute approximate surface area is 134 Å². The topological polar surface area (TPSA) is 3.24 Å². The van der Waals surface area contributed by atoms with Gasteiger partial charge in [0.1, 0.15) is 0 Å². The van der Waals surface area contributed by atoms with Crippen LogP contribution in [0.25, 0.3) is 0 Å². The molecule has 1 nitrogen and oxygen atoms in total. The van der Waals surface area contributed by atoms with E-state index in [1.807, 2.05) is 18.2 Å². The van der Waals surface area contributed by atoms with Crippen LogP contribution in [0.4, 0.5) is 0 Å². The maximum atomic E-state index is 3.54. The fraction of sp³-hybridized carbons (Fsp3) is 0.333. The van der Waals surface area contributed by atoms with Gasteiger partial charge >= 0.3 is 0 Å². The molecule has 0 saturated carbocycles. The van der Waals surface area contributed by atoms with E-state index in [0.717, 1.165) is 18.7 Å². The van der Waals surface area contributed by atoms with Gasteiger partial charge in [-0.3, -0.25) is 4.90 Å². The molecule has 1 fully saturated rings. The number of rotatable bonds is 2. The van der Waals surface area contributed by atoms with Gasteiger partial charge in [-0.2, -0.15) is 0 Å². The molecule has 3 rings (SSSR count). The molecule has 1 heteroatoms. The van der Waals surface area contributed by atoms with Gasteiger partial charge in [-0.1, -0.05) is 60.7 Å². The Balaban J connectivity index is 1.93. The van der Waals surface area contributed by atoms with Gasteiger partial charge in [0.05, 0.1) is 6.04 Å². The highest BCUT2D eigenvalue weighted by molar-refractivity contribution is 5.40. The van der Waals surface area contributed by atoms with E-state index in [1.54, 1.807) is 0 Å². The molecule has 1 heterocycles. The Morgan fingerprint density at radius 2 is 1.55 bits per heavy atom. The number of aryl methyl sites for hydroxylation is 1. The first-order chi connectivity index (χ1) is 10.8. The van der Waals surface area contributed by atoms with Crippen LogP contribution in [-0.4, -0.2) is 18.0 Å². The SMILES string of the molecule is Cc1ccccc1C(C#Cc1ccccc1)N1CCCCC1. The molecule has 2 aromatic carbocycles. The lowest BCUT2D eigenvalue weighted by atomic mass is 9.97. The molecule has 0 aliphatic carbocycles. The van der Waals surface area contributed by atoms with Gasteiger partial charge in [0.15, 0.2) is 0 Å². The summed E-state index contributed by atoms with van der Waals surface area (Å²) in [4.78, 5) is 2.54. The van der Waals surface area contributed by atoms with Crippen molar-refractivity contribution in [2.75, 3.05) is 13.1 Å². The van der Waals surface area contributed by atoms with Crippen LogP contribution >= 0.6 is 0 Å². The quantitative estimate of drug-likeness (QED) is 0.732. The monoisotopic (exact) mass is 289 g/mol. The highest BCUT2D eigenvalue weighted by Crippen LogP contribution is 2.26. The zero-order chi connectivity index (χ0) is 15.2. The predicted octanol–water partition coefficient (Wildman–Crippen LogP) is 4.57. The molecule has 1 aliphatic heterocycles. The van der Waals surface area contributed by atoms with Gasteiger partial charge in [-0.15, -0.1) is 0 Å². The molecular weight excluding hydrogens is 266 g/mol. The lowest BCUT2D eigenvalue weighted by Crippen LogP contribution is -2.33. The fourth-order valence-corrected chi connectivity index (χ4v) is 3.11. The van der Waals surface area contributed by atoms with E-state index in [2.05, 4.69) is 60.1 Å². The second-order valence-electron chi connectivity index (χ2n) is 5.99. The van der Waals surface area contributed by atoms with Crippen LogP contribution in [0.15, 0.2) is 54.6 Å². The Hall–Kier alpha value is -2.04. The van der Waals surface area contributed by atoms with E-state index < -0.39 is 0 Å². The number of likely N-dealkylation sites (tertiary alicyclic amines) is 1. The number of nitrogens with zero attached hydrogens (tertiary/aromatic N) is 1. The number of hydrogen-bond donors (Lipinski definition) is 0. The van der Waals surface area contributed by atoms with Crippen LogP contribution < -0.4 is 0 Å². The summed E-state index contributed by atoms with van der Waals surface area (Å²) in [5.74, 6) is 6.91. The highest BCUT2D eigenvalue weighted by atomic mass is 15.2. The predicted molar refractivity (Wildman–Crippen MR) is 92.7 cm³/mol. The molecule has 0 bridgehead atoms. The summed E-state index contributed by atoms with van der Waals surface area (Å²) in [5, 5.41) is 0. The van der Waals surface area contributed by atoms with Crippen LogP contribution in [0.2, 0.25) is 0 Å². The standard InChI is InChI=1S/C21H23N/c1-18-10-6-7-13-20(18)21(22-16-8-3-9-17-22)15-14-19-11-4-2-5-12-19/h2,4-7,10-13,21H,3,8-9,16-17H2,1H3. The van der Waals surface area contributed by atoms with Gasteiger partial charge in [-0.05, 0) is 56.1 Å². The summed E-state index contributed by atoms with van der Waals surface area (Å²) in [7, 11) is 0. The van der Waals surface area contributed by atoms with E-state index in [1.165, 1.54) is 30.4 Å². The van der Waals surface area contributed by atoms with E-state index in [0.29, 0.717) is 0 Å². The van der Waals surface area contributed by atoms with Crippen molar-refractivity contribution >= 4 is 0 Å². The van der Waals surface area contributed by atoms with Gasteiger partial charge in [0.2, 0.25) is 0 Å². The second kappa shape index (κ2) is 7.29. The Bertz CT molecular complexity index is 657. The third-order valence-corrected chi connectivity index (χ3v) is 4.37. The van der Waals surface area contributed by atoms with Gasteiger partial charge in [0, 0.05) is 5.56 Å². The van der Waals surface area contributed by atoms with Gasteiger partial charge in [-0.25, -0.2) is 0 Å². The van der Waals surface area contributed by atoms with Crippen LogP contribution in [0.1, 0.15) is 42.0 Å². The lowest BCUT2D eigenvalue weighted by Gasteiger charge is -2.32. The van der Waals surface area contributed by atoms with Crippen LogP contribution in [0.5, 0.6) is 0 Å². The summed E-state index contributed by atoms with van der Waals surface area (Å²) in [5.41, 5.74) is 3.78. The van der Waals surface area contributed by atoms with Crippen molar-refractivity contribution in [1.29, 1.82) is 0 Å².